The van der Waals surface area contributed by atoms with Gasteiger partial charge in [0.05, 0.1) is 0 Å². The van der Waals surface area contributed by atoms with Crippen molar-refractivity contribution >= 4 is 24.0 Å². The predicted molar refractivity (Wildman–Crippen MR) is 113 cm³/mol. The first-order valence-corrected chi connectivity index (χ1v) is 9.66. The molecule has 0 aliphatic rings. The average molecular weight is 429 g/mol. The van der Waals surface area contributed by atoms with Crippen molar-refractivity contribution in [3.05, 3.63) is 59.8 Å². The summed E-state index contributed by atoms with van der Waals surface area (Å²) in [5.74, 6) is -0.389. The number of carbonyl (C=O) groups is 3. The maximum Gasteiger partial charge on any atom is 0.415 e. The molecule has 0 aliphatic carbocycles. The van der Waals surface area contributed by atoms with E-state index in [0.29, 0.717) is 5.56 Å². The zero-order chi connectivity index (χ0) is 22.9. The third-order valence-corrected chi connectivity index (χ3v) is 3.84. The zero-order valence-electron chi connectivity index (χ0n) is 18.1. The first-order chi connectivity index (χ1) is 14.7. The van der Waals surface area contributed by atoms with Crippen molar-refractivity contribution in [3.63, 3.8) is 0 Å². The van der Waals surface area contributed by atoms with Crippen molar-refractivity contribution in [2.24, 2.45) is 0 Å². The largest absolute Gasteiger partial charge is 0.458 e. The lowest BCUT2D eigenvalue weighted by atomic mass is 10.2. The van der Waals surface area contributed by atoms with E-state index in [1.165, 1.54) is 13.2 Å². The molecule has 2 amide bonds. The molecule has 1 N–H and O–H groups in total. The van der Waals surface area contributed by atoms with Gasteiger partial charge in [0.1, 0.15) is 18.0 Å². The SMILES string of the molecule is CN(C(=O)OCC(=O)OCc1ccccc1)c1ncccc1CNC(=O)OC(C)(C)C. The number of aromatic nitrogens is 1. The highest BCUT2D eigenvalue weighted by Gasteiger charge is 2.20. The van der Waals surface area contributed by atoms with Gasteiger partial charge in [0.25, 0.3) is 0 Å². The summed E-state index contributed by atoms with van der Waals surface area (Å²) in [5, 5.41) is 2.62. The standard InChI is InChI=1S/C22H27N3O6/c1-22(2,3)31-20(27)24-13-17-11-8-12-23-19(17)25(4)21(28)30-15-18(26)29-14-16-9-6-5-7-10-16/h5-12H,13-15H2,1-4H3,(H,24,27). The second-order valence-corrected chi connectivity index (χ2v) is 7.60. The summed E-state index contributed by atoms with van der Waals surface area (Å²) in [6.45, 7) is 4.93. The Balaban J connectivity index is 1.87. The van der Waals surface area contributed by atoms with Crippen LogP contribution in [-0.2, 0) is 32.2 Å². The van der Waals surface area contributed by atoms with Crippen molar-refractivity contribution in [3.8, 4) is 0 Å². The molecule has 1 heterocycles. The molecule has 9 heteroatoms. The Kier molecular flexibility index (Phi) is 8.36. The molecule has 0 atom stereocenters. The van der Waals surface area contributed by atoms with Crippen LogP contribution in [0.5, 0.6) is 0 Å². The van der Waals surface area contributed by atoms with Crippen molar-refractivity contribution in [1.82, 2.24) is 10.3 Å². The molecule has 9 nitrogen and oxygen atoms in total. The van der Waals surface area contributed by atoms with Crippen molar-refractivity contribution < 1.29 is 28.6 Å². The van der Waals surface area contributed by atoms with E-state index >= 15 is 0 Å². The van der Waals surface area contributed by atoms with Gasteiger partial charge >= 0.3 is 18.2 Å². The normalized spacial score (nSPS) is 10.7. The van der Waals surface area contributed by atoms with Crippen molar-refractivity contribution in [2.45, 2.75) is 39.5 Å². The number of alkyl carbamates (subject to hydrolysis) is 1. The van der Waals surface area contributed by atoms with Crippen LogP contribution in [0.15, 0.2) is 48.7 Å². The van der Waals surface area contributed by atoms with Crippen LogP contribution < -0.4 is 10.2 Å². The van der Waals surface area contributed by atoms with E-state index in [0.717, 1.165) is 10.5 Å². The van der Waals surface area contributed by atoms with Gasteiger partial charge in [-0.05, 0) is 32.4 Å². The maximum absolute atomic E-state index is 12.3. The third kappa shape index (κ3) is 8.33. The average Bonchev–Trinajstić information content (AvgIpc) is 2.73. The molecule has 0 aliphatic heterocycles. The summed E-state index contributed by atoms with van der Waals surface area (Å²) in [6, 6.07) is 12.5. The second kappa shape index (κ2) is 11.0. The molecule has 166 valence electrons. The van der Waals surface area contributed by atoms with Gasteiger partial charge < -0.3 is 19.5 Å². The molecule has 0 saturated heterocycles. The monoisotopic (exact) mass is 429 g/mol. The van der Waals surface area contributed by atoms with Crippen LogP contribution in [0.25, 0.3) is 0 Å². The van der Waals surface area contributed by atoms with Crippen LogP contribution in [0, 0.1) is 0 Å². The zero-order valence-corrected chi connectivity index (χ0v) is 18.1. The van der Waals surface area contributed by atoms with E-state index in [2.05, 4.69) is 10.3 Å². The predicted octanol–water partition coefficient (Wildman–Crippen LogP) is 3.42. The number of pyridine rings is 1. The minimum absolute atomic E-state index is 0.0911. The number of nitrogens with zero attached hydrogens (tertiary/aromatic N) is 2. The number of esters is 1. The Labute approximate surface area is 181 Å². The van der Waals surface area contributed by atoms with Crippen molar-refractivity contribution in [1.29, 1.82) is 0 Å². The van der Waals surface area contributed by atoms with E-state index < -0.39 is 30.4 Å². The van der Waals surface area contributed by atoms with Gasteiger partial charge in [0.2, 0.25) is 0 Å². The lowest BCUT2D eigenvalue weighted by Gasteiger charge is -2.21. The minimum Gasteiger partial charge on any atom is -0.458 e. The van der Waals surface area contributed by atoms with Gasteiger partial charge in [-0.25, -0.2) is 19.4 Å². The topological polar surface area (TPSA) is 107 Å². The van der Waals surface area contributed by atoms with E-state index in [1.807, 2.05) is 30.3 Å². The molecule has 31 heavy (non-hydrogen) atoms. The summed E-state index contributed by atoms with van der Waals surface area (Å²) < 4.78 is 15.3. The molecule has 0 saturated carbocycles. The first-order valence-electron chi connectivity index (χ1n) is 9.66. The number of rotatable bonds is 7. The van der Waals surface area contributed by atoms with Crippen LogP contribution in [0.3, 0.4) is 0 Å². The van der Waals surface area contributed by atoms with E-state index in [-0.39, 0.29) is 19.0 Å². The quantitative estimate of drug-likeness (QED) is 0.531. The Hall–Kier alpha value is -3.62. The van der Waals surface area contributed by atoms with Crippen LogP contribution in [-0.4, -0.2) is 42.4 Å². The van der Waals surface area contributed by atoms with Crippen LogP contribution >= 0.6 is 0 Å². The summed E-state index contributed by atoms with van der Waals surface area (Å²) in [6.07, 6.45) is 0.132. The molecule has 0 fully saturated rings. The van der Waals surface area contributed by atoms with Gasteiger partial charge in [-0.2, -0.15) is 0 Å². The molecular weight excluding hydrogens is 402 g/mol. The highest BCUT2D eigenvalue weighted by Crippen LogP contribution is 2.17. The van der Waals surface area contributed by atoms with Crippen LogP contribution in [0.2, 0.25) is 0 Å². The number of benzene rings is 1. The highest BCUT2D eigenvalue weighted by molar-refractivity contribution is 5.88. The Morgan fingerprint density at radius 3 is 2.42 bits per heavy atom. The van der Waals surface area contributed by atoms with Gasteiger partial charge in [-0.1, -0.05) is 36.4 Å². The van der Waals surface area contributed by atoms with E-state index in [9.17, 15) is 14.4 Å². The molecule has 1 aromatic carbocycles. The molecule has 0 bridgehead atoms. The molecule has 2 aromatic rings. The Morgan fingerprint density at radius 1 is 1.03 bits per heavy atom. The molecular formula is C22H27N3O6. The highest BCUT2D eigenvalue weighted by atomic mass is 16.6. The third-order valence-electron chi connectivity index (χ3n) is 3.84. The van der Waals surface area contributed by atoms with Crippen molar-refractivity contribution in [2.75, 3.05) is 18.6 Å². The van der Waals surface area contributed by atoms with Gasteiger partial charge in [-0.15, -0.1) is 0 Å². The van der Waals surface area contributed by atoms with Gasteiger partial charge in [-0.3, -0.25) is 4.90 Å². The molecule has 0 unspecified atom stereocenters. The fraction of sp³-hybridized carbons (Fsp3) is 0.364. The van der Waals surface area contributed by atoms with Gasteiger partial charge in [0.15, 0.2) is 6.61 Å². The maximum atomic E-state index is 12.3. The number of hydrogen-bond acceptors (Lipinski definition) is 7. The van der Waals surface area contributed by atoms with Crippen LogP contribution in [0.4, 0.5) is 15.4 Å². The minimum atomic E-state index is -0.783. The smallest absolute Gasteiger partial charge is 0.415 e. The number of carbonyl (C=O) groups excluding carboxylic acids is 3. The van der Waals surface area contributed by atoms with E-state index in [4.69, 9.17) is 14.2 Å². The number of hydrogen-bond donors (Lipinski definition) is 1. The molecule has 2 rings (SSSR count). The second-order valence-electron chi connectivity index (χ2n) is 7.60. The molecule has 0 radical (unpaired) electrons. The Bertz CT molecular complexity index is 896. The fourth-order valence-corrected chi connectivity index (χ4v) is 2.44. The number of nitrogens with one attached hydrogen (secondary N) is 1. The van der Waals surface area contributed by atoms with Crippen LogP contribution in [0.1, 0.15) is 31.9 Å². The summed E-state index contributed by atoms with van der Waals surface area (Å²) in [4.78, 5) is 41.4. The Morgan fingerprint density at radius 2 is 1.74 bits per heavy atom. The summed E-state index contributed by atoms with van der Waals surface area (Å²) in [7, 11) is 1.46. The van der Waals surface area contributed by atoms with E-state index in [1.54, 1.807) is 32.9 Å². The number of amides is 2. The number of anilines is 1. The summed E-state index contributed by atoms with van der Waals surface area (Å²) in [5.41, 5.74) is 0.770. The summed E-state index contributed by atoms with van der Waals surface area (Å²) >= 11 is 0. The number of ether oxygens (including phenoxy) is 3. The first kappa shape index (κ1) is 23.7. The van der Waals surface area contributed by atoms with Gasteiger partial charge in [0, 0.05) is 25.4 Å². The molecule has 1 aromatic heterocycles. The molecule has 0 spiro atoms. The lowest BCUT2D eigenvalue weighted by Crippen LogP contribution is -2.34. The lowest BCUT2D eigenvalue weighted by molar-refractivity contribution is -0.148. The fourth-order valence-electron chi connectivity index (χ4n) is 2.44.